The van der Waals surface area contributed by atoms with Gasteiger partial charge in [-0.25, -0.2) is 0 Å². The van der Waals surface area contributed by atoms with Gasteiger partial charge in [0, 0.05) is 18.8 Å². The van der Waals surface area contributed by atoms with Gasteiger partial charge in [-0.15, -0.1) is 0 Å². The fourth-order valence-corrected chi connectivity index (χ4v) is 2.63. The van der Waals surface area contributed by atoms with Crippen LogP contribution in [-0.4, -0.2) is 36.6 Å². The number of nitrogens with zero attached hydrogens (tertiary/aromatic N) is 1. The number of nitrogens with one attached hydrogen (secondary N) is 1. The lowest BCUT2D eigenvalue weighted by Crippen LogP contribution is -2.44. The molecule has 4 heteroatoms. The highest BCUT2D eigenvalue weighted by atomic mass is 16.5. The second-order valence-electron chi connectivity index (χ2n) is 5.47. The van der Waals surface area contributed by atoms with Crippen LogP contribution in [0.1, 0.15) is 17.3 Å². The van der Waals surface area contributed by atoms with Crippen molar-refractivity contribution in [2.45, 2.75) is 13.0 Å². The molecular formula is C18H20N2O2. The molecule has 1 amide bonds. The molecule has 0 aliphatic carbocycles. The van der Waals surface area contributed by atoms with Crippen LogP contribution in [0.25, 0.3) is 0 Å². The van der Waals surface area contributed by atoms with E-state index in [1.807, 2.05) is 66.4 Å². The Balaban J connectivity index is 1.83. The zero-order valence-corrected chi connectivity index (χ0v) is 12.7. The zero-order valence-electron chi connectivity index (χ0n) is 12.7. The standard InChI is InChI=1S/C18H20N2O2/c1-14-13-20(11-12-22-14)18(21)16-9-5-6-10-17(16)19-15-7-3-2-4-8-15/h2-10,14,19H,11-13H2,1H3/t14-/m0/s1. The van der Waals surface area contributed by atoms with E-state index in [1.165, 1.54) is 0 Å². The molecule has 2 aromatic carbocycles. The Morgan fingerprint density at radius 3 is 2.64 bits per heavy atom. The smallest absolute Gasteiger partial charge is 0.256 e. The van der Waals surface area contributed by atoms with Gasteiger partial charge in [0.15, 0.2) is 0 Å². The first-order valence-electron chi connectivity index (χ1n) is 7.56. The number of hydrogen-bond acceptors (Lipinski definition) is 3. The lowest BCUT2D eigenvalue weighted by Gasteiger charge is -2.31. The summed E-state index contributed by atoms with van der Waals surface area (Å²) in [5.74, 6) is 0.0502. The highest BCUT2D eigenvalue weighted by molar-refractivity contribution is 6.00. The highest BCUT2D eigenvalue weighted by Gasteiger charge is 2.24. The summed E-state index contributed by atoms with van der Waals surface area (Å²) in [6.45, 7) is 3.87. The fourth-order valence-electron chi connectivity index (χ4n) is 2.63. The van der Waals surface area contributed by atoms with E-state index >= 15 is 0 Å². The lowest BCUT2D eigenvalue weighted by atomic mass is 10.1. The fraction of sp³-hybridized carbons (Fsp3) is 0.278. The minimum atomic E-state index is 0.0502. The maximum Gasteiger partial charge on any atom is 0.256 e. The molecular weight excluding hydrogens is 276 g/mol. The molecule has 1 aliphatic heterocycles. The number of para-hydroxylation sites is 2. The van der Waals surface area contributed by atoms with Crippen molar-refractivity contribution >= 4 is 17.3 Å². The van der Waals surface area contributed by atoms with Gasteiger partial charge in [0.05, 0.1) is 24.0 Å². The van der Waals surface area contributed by atoms with E-state index < -0.39 is 0 Å². The van der Waals surface area contributed by atoms with Crippen LogP contribution in [0.2, 0.25) is 0 Å². The van der Waals surface area contributed by atoms with Crippen LogP contribution in [0.3, 0.4) is 0 Å². The third kappa shape index (κ3) is 3.28. The maximum absolute atomic E-state index is 12.8. The first kappa shape index (κ1) is 14.6. The average Bonchev–Trinajstić information content (AvgIpc) is 2.56. The number of rotatable bonds is 3. The average molecular weight is 296 g/mol. The molecule has 114 valence electrons. The van der Waals surface area contributed by atoms with E-state index in [4.69, 9.17) is 4.74 Å². The predicted octanol–water partition coefficient (Wildman–Crippen LogP) is 3.29. The number of carbonyl (C=O) groups excluding carboxylic acids is 1. The Hall–Kier alpha value is -2.33. The van der Waals surface area contributed by atoms with Crippen LogP contribution in [-0.2, 0) is 4.74 Å². The first-order valence-corrected chi connectivity index (χ1v) is 7.56. The van der Waals surface area contributed by atoms with Crippen molar-refractivity contribution in [3.63, 3.8) is 0 Å². The van der Waals surface area contributed by atoms with Crippen LogP contribution in [0.4, 0.5) is 11.4 Å². The summed E-state index contributed by atoms with van der Waals surface area (Å²) >= 11 is 0. The van der Waals surface area contributed by atoms with E-state index in [-0.39, 0.29) is 12.0 Å². The Bertz CT molecular complexity index is 643. The molecule has 0 radical (unpaired) electrons. The summed E-state index contributed by atoms with van der Waals surface area (Å²) in [5.41, 5.74) is 2.50. The topological polar surface area (TPSA) is 41.6 Å². The number of morpholine rings is 1. The predicted molar refractivity (Wildman–Crippen MR) is 87.5 cm³/mol. The highest BCUT2D eigenvalue weighted by Crippen LogP contribution is 2.22. The molecule has 1 aliphatic rings. The minimum absolute atomic E-state index is 0.0502. The van der Waals surface area contributed by atoms with Crippen molar-refractivity contribution in [1.82, 2.24) is 4.90 Å². The van der Waals surface area contributed by atoms with Crippen LogP contribution in [0.5, 0.6) is 0 Å². The van der Waals surface area contributed by atoms with Gasteiger partial charge >= 0.3 is 0 Å². The molecule has 0 spiro atoms. The monoisotopic (exact) mass is 296 g/mol. The normalized spacial score (nSPS) is 18.0. The second kappa shape index (κ2) is 6.62. The molecule has 0 saturated carbocycles. The van der Waals surface area contributed by atoms with E-state index in [2.05, 4.69) is 5.32 Å². The number of amides is 1. The second-order valence-corrected chi connectivity index (χ2v) is 5.47. The molecule has 1 N–H and O–H groups in total. The number of ether oxygens (including phenoxy) is 1. The molecule has 0 unspecified atom stereocenters. The number of carbonyl (C=O) groups is 1. The molecule has 1 atom stereocenters. The largest absolute Gasteiger partial charge is 0.375 e. The minimum Gasteiger partial charge on any atom is -0.375 e. The van der Waals surface area contributed by atoms with Gasteiger partial charge in [-0.1, -0.05) is 30.3 Å². The molecule has 0 aromatic heterocycles. The van der Waals surface area contributed by atoms with Crippen LogP contribution in [0.15, 0.2) is 54.6 Å². The summed E-state index contributed by atoms with van der Waals surface area (Å²) in [6.07, 6.45) is 0.0898. The quantitative estimate of drug-likeness (QED) is 0.945. The molecule has 1 saturated heterocycles. The lowest BCUT2D eigenvalue weighted by molar-refractivity contribution is -0.0123. The summed E-state index contributed by atoms with van der Waals surface area (Å²) in [5, 5.41) is 3.32. The SMILES string of the molecule is C[C@H]1CN(C(=O)c2ccccc2Nc2ccccc2)CCO1. The first-order chi connectivity index (χ1) is 10.7. The number of anilines is 2. The zero-order chi connectivity index (χ0) is 15.4. The summed E-state index contributed by atoms with van der Waals surface area (Å²) in [6, 6.07) is 17.5. The van der Waals surface area contributed by atoms with Crippen molar-refractivity contribution in [3.05, 3.63) is 60.2 Å². The number of benzene rings is 2. The number of hydrogen-bond donors (Lipinski definition) is 1. The third-order valence-corrected chi connectivity index (χ3v) is 3.74. The molecule has 1 fully saturated rings. The van der Waals surface area contributed by atoms with Crippen LogP contribution < -0.4 is 5.32 Å². The van der Waals surface area contributed by atoms with Gasteiger partial charge in [-0.3, -0.25) is 4.79 Å². The van der Waals surface area contributed by atoms with E-state index in [1.54, 1.807) is 0 Å². The van der Waals surface area contributed by atoms with Crippen molar-refractivity contribution in [2.75, 3.05) is 25.0 Å². The van der Waals surface area contributed by atoms with Crippen molar-refractivity contribution in [2.24, 2.45) is 0 Å². The van der Waals surface area contributed by atoms with Crippen molar-refractivity contribution in [1.29, 1.82) is 0 Å². The summed E-state index contributed by atoms with van der Waals surface area (Å²) in [7, 11) is 0. The molecule has 22 heavy (non-hydrogen) atoms. The summed E-state index contributed by atoms with van der Waals surface area (Å²) in [4.78, 5) is 14.6. The van der Waals surface area contributed by atoms with Crippen molar-refractivity contribution < 1.29 is 9.53 Å². The molecule has 0 bridgehead atoms. The van der Waals surface area contributed by atoms with Gasteiger partial charge < -0.3 is 15.0 Å². The molecule has 1 heterocycles. The van der Waals surface area contributed by atoms with Crippen LogP contribution in [0, 0.1) is 0 Å². The van der Waals surface area contributed by atoms with Gasteiger partial charge in [0.2, 0.25) is 0 Å². The maximum atomic E-state index is 12.8. The van der Waals surface area contributed by atoms with E-state index in [0.29, 0.717) is 25.3 Å². The van der Waals surface area contributed by atoms with Gasteiger partial charge in [0.1, 0.15) is 0 Å². The van der Waals surface area contributed by atoms with Crippen molar-refractivity contribution in [3.8, 4) is 0 Å². The third-order valence-electron chi connectivity index (χ3n) is 3.74. The Labute approximate surface area is 130 Å². The van der Waals surface area contributed by atoms with E-state index in [9.17, 15) is 4.79 Å². The Morgan fingerprint density at radius 1 is 1.14 bits per heavy atom. The van der Waals surface area contributed by atoms with E-state index in [0.717, 1.165) is 11.4 Å². The molecule has 4 nitrogen and oxygen atoms in total. The molecule has 3 rings (SSSR count). The Morgan fingerprint density at radius 2 is 1.86 bits per heavy atom. The van der Waals surface area contributed by atoms with Crippen LogP contribution >= 0.6 is 0 Å². The van der Waals surface area contributed by atoms with Gasteiger partial charge in [-0.05, 0) is 31.2 Å². The van der Waals surface area contributed by atoms with Gasteiger partial charge in [-0.2, -0.15) is 0 Å². The summed E-state index contributed by atoms with van der Waals surface area (Å²) < 4.78 is 5.51. The molecule has 2 aromatic rings. The van der Waals surface area contributed by atoms with Gasteiger partial charge in [0.25, 0.3) is 5.91 Å². The Kier molecular flexibility index (Phi) is 4.39.